The average Bonchev–Trinajstić information content (AvgIpc) is 2.82. The van der Waals surface area contributed by atoms with E-state index in [1.807, 2.05) is 26.8 Å². The minimum atomic E-state index is -0.506. The molecule has 2 aliphatic heterocycles. The predicted octanol–water partition coefficient (Wildman–Crippen LogP) is 3.67. The van der Waals surface area contributed by atoms with Crippen LogP contribution in [0.2, 0.25) is 5.02 Å². The van der Waals surface area contributed by atoms with Crippen LogP contribution in [0, 0.1) is 0 Å². The van der Waals surface area contributed by atoms with Gasteiger partial charge in [-0.2, -0.15) is 0 Å². The Labute approximate surface area is 152 Å². The number of nitrogens with two attached hydrogens (primary N) is 1. The molecule has 0 spiro atoms. The summed E-state index contributed by atoms with van der Waals surface area (Å²) in [4.78, 5) is 18.3. The molecule has 0 radical (unpaired) electrons. The number of rotatable bonds is 1. The number of aromatic nitrogens is 1. The van der Waals surface area contributed by atoms with Gasteiger partial charge in [-0.1, -0.05) is 17.7 Å². The van der Waals surface area contributed by atoms with Crippen LogP contribution >= 0.6 is 11.6 Å². The molecule has 1 amide bonds. The molecule has 0 atom stereocenters. The van der Waals surface area contributed by atoms with Gasteiger partial charge in [0.15, 0.2) is 0 Å². The Kier molecular flexibility index (Phi) is 4.82. The van der Waals surface area contributed by atoms with E-state index in [-0.39, 0.29) is 6.09 Å². The Bertz CT molecular complexity index is 725. The van der Waals surface area contributed by atoms with E-state index in [9.17, 15) is 4.79 Å². The van der Waals surface area contributed by atoms with Crippen LogP contribution in [-0.2, 0) is 11.2 Å². The number of pyridine rings is 1. The van der Waals surface area contributed by atoms with Crippen LogP contribution < -0.4 is 10.5 Å². The van der Waals surface area contributed by atoms with Gasteiger partial charge in [-0.05, 0) is 39.2 Å². The highest BCUT2D eigenvalue weighted by Crippen LogP contribution is 2.42. The Morgan fingerprint density at radius 2 is 2.16 bits per heavy atom. The molecule has 2 aliphatic rings. The first-order valence-electron chi connectivity index (χ1n) is 8.54. The van der Waals surface area contributed by atoms with Crippen LogP contribution in [0.5, 0.6) is 5.75 Å². The number of carbonyl (C=O) groups excluding carboxylic acids is 1. The third-order valence-corrected chi connectivity index (χ3v) is 4.56. The lowest BCUT2D eigenvalue weighted by Crippen LogP contribution is -2.37. The van der Waals surface area contributed by atoms with Crippen LogP contribution in [0.4, 0.5) is 10.6 Å². The summed E-state index contributed by atoms with van der Waals surface area (Å²) in [7, 11) is 0. The van der Waals surface area contributed by atoms with Crippen molar-refractivity contribution < 1.29 is 14.3 Å². The number of hydrogen-bond acceptors (Lipinski definition) is 5. The largest absolute Gasteiger partial charge is 0.491 e. The summed E-state index contributed by atoms with van der Waals surface area (Å²) in [6.45, 7) is 7.29. The SMILES string of the molecule is CC(C)(C)OC(=O)N1CC=C(c2c(Cl)c(N)nc3c2OCC3)CCC1. The molecule has 0 saturated heterocycles. The van der Waals surface area contributed by atoms with Gasteiger partial charge in [-0.3, -0.25) is 0 Å². The molecular formula is C18H24ClN3O3. The number of amides is 1. The number of allylic oxidation sites excluding steroid dienone is 1. The van der Waals surface area contributed by atoms with Gasteiger partial charge in [0.2, 0.25) is 0 Å². The topological polar surface area (TPSA) is 77.7 Å². The molecule has 0 aliphatic carbocycles. The van der Waals surface area contributed by atoms with Crippen LogP contribution in [0.1, 0.15) is 44.9 Å². The molecule has 25 heavy (non-hydrogen) atoms. The van der Waals surface area contributed by atoms with Crippen LogP contribution in [0.3, 0.4) is 0 Å². The number of nitrogens with zero attached hydrogens (tertiary/aromatic N) is 2. The third kappa shape index (κ3) is 3.84. The quantitative estimate of drug-likeness (QED) is 0.821. The fraction of sp³-hybridized carbons (Fsp3) is 0.556. The molecule has 0 bridgehead atoms. The molecule has 7 heteroatoms. The fourth-order valence-electron chi connectivity index (χ4n) is 3.07. The van der Waals surface area contributed by atoms with Gasteiger partial charge in [0.1, 0.15) is 17.2 Å². The van der Waals surface area contributed by atoms with E-state index in [1.54, 1.807) is 4.90 Å². The van der Waals surface area contributed by atoms with Crippen molar-refractivity contribution in [2.45, 2.75) is 45.6 Å². The van der Waals surface area contributed by atoms with Gasteiger partial charge in [-0.15, -0.1) is 0 Å². The Morgan fingerprint density at radius 1 is 1.40 bits per heavy atom. The van der Waals surface area contributed by atoms with E-state index in [4.69, 9.17) is 26.8 Å². The van der Waals surface area contributed by atoms with E-state index in [2.05, 4.69) is 4.98 Å². The summed E-state index contributed by atoms with van der Waals surface area (Å²) in [6, 6.07) is 0. The van der Waals surface area contributed by atoms with Gasteiger partial charge in [0.25, 0.3) is 0 Å². The molecule has 0 aromatic carbocycles. The van der Waals surface area contributed by atoms with Crippen LogP contribution in [0.25, 0.3) is 5.57 Å². The van der Waals surface area contributed by atoms with E-state index >= 15 is 0 Å². The van der Waals surface area contributed by atoms with Crippen molar-refractivity contribution in [1.82, 2.24) is 9.88 Å². The molecule has 6 nitrogen and oxygen atoms in total. The number of carbonyl (C=O) groups is 1. The number of fused-ring (bicyclic) bond motifs is 1. The lowest BCUT2D eigenvalue weighted by atomic mass is 10.00. The van der Waals surface area contributed by atoms with Crippen molar-refractivity contribution in [3.8, 4) is 5.75 Å². The van der Waals surface area contributed by atoms with Gasteiger partial charge < -0.3 is 20.1 Å². The number of anilines is 1. The maximum atomic E-state index is 12.3. The van der Waals surface area contributed by atoms with E-state index in [0.29, 0.717) is 30.5 Å². The maximum Gasteiger partial charge on any atom is 0.410 e. The minimum absolute atomic E-state index is 0.299. The zero-order chi connectivity index (χ0) is 18.2. The Hall–Kier alpha value is -1.95. The van der Waals surface area contributed by atoms with Gasteiger partial charge in [-0.25, -0.2) is 9.78 Å². The highest BCUT2D eigenvalue weighted by Gasteiger charge is 2.27. The number of hydrogen-bond donors (Lipinski definition) is 1. The van der Waals surface area contributed by atoms with Gasteiger partial charge >= 0.3 is 6.09 Å². The summed E-state index contributed by atoms with van der Waals surface area (Å²) in [5, 5.41) is 0.428. The third-order valence-electron chi connectivity index (χ3n) is 4.18. The summed E-state index contributed by atoms with van der Waals surface area (Å²) in [6.07, 6.45) is 4.06. The molecule has 1 aromatic rings. The number of ether oxygens (including phenoxy) is 2. The summed E-state index contributed by atoms with van der Waals surface area (Å²) in [5.41, 5.74) is 8.19. The van der Waals surface area contributed by atoms with Crippen molar-refractivity contribution in [2.75, 3.05) is 25.4 Å². The molecule has 0 unspecified atom stereocenters. The maximum absolute atomic E-state index is 12.3. The lowest BCUT2D eigenvalue weighted by molar-refractivity contribution is 0.0273. The standard InChI is InChI=1S/C18H24ClN3O3/c1-18(2,3)25-17(23)22-8-4-5-11(6-9-22)13-14(19)16(20)21-12-7-10-24-15(12)13/h6H,4-5,7-10H2,1-3H3,(H2,20,21). The second kappa shape index (κ2) is 6.75. The Balaban J connectivity index is 1.87. The van der Waals surface area contributed by atoms with Crippen LogP contribution in [-0.4, -0.2) is 41.3 Å². The molecule has 0 fully saturated rings. The molecule has 2 N–H and O–H groups in total. The van der Waals surface area contributed by atoms with Crippen molar-refractivity contribution in [3.05, 3.63) is 22.4 Å². The first kappa shape index (κ1) is 17.9. The van der Waals surface area contributed by atoms with E-state index in [0.717, 1.165) is 41.8 Å². The first-order valence-corrected chi connectivity index (χ1v) is 8.92. The normalized spacial score (nSPS) is 17.4. The predicted molar refractivity (Wildman–Crippen MR) is 97.9 cm³/mol. The molecular weight excluding hydrogens is 342 g/mol. The van der Waals surface area contributed by atoms with E-state index in [1.165, 1.54) is 0 Å². The molecule has 1 aromatic heterocycles. The highest BCUT2D eigenvalue weighted by molar-refractivity contribution is 6.34. The lowest BCUT2D eigenvalue weighted by Gasteiger charge is -2.25. The average molecular weight is 366 g/mol. The fourth-order valence-corrected chi connectivity index (χ4v) is 3.32. The van der Waals surface area contributed by atoms with Crippen molar-refractivity contribution in [2.24, 2.45) is 0 Å². The molecule has 0 saturated carbocycles. The second-order valence-electron chi connectivity index (χ2n) is 7.32. The minimum Gasteiger partial charge on any atom is -0.491 e. The summed E-state index contributed by atoms with van der Waals surface area (Å²) >= 11 is 6.44. The highest BCUT2D eigenvalue weighted by atomic mass is 35.5. The van der Waals surface area contributed by atoms with E-state index < -0.39 is 5.60 Å². The Morgan fingerprint density at radius 3 is 2.88 bits per heavy atom. The van der Waals surface area contributed by atoms with Gasteiger partial charge in [0, 0.05) is 25.1 Å². The summed E-state index contributed by atoms with van der Waals surface area (Å²) < 4.78 is 11.2. The molecule has 3 heterocycles. The first-order chi connectivity index (χ1) is 11.8. The summed E-state index contributed by atoms with van der Waals surface area (Å²) in [5.74, 6) is 1.06. The number of halogens is 1. The van der Waals surface area contributed by atoms with Crippen LogP contribution in [0.15, 0.2) is 6.08 Å². The molecule has 136 valence electrons. The van der Waals surface area contributed by atoms with Gasteiger partial charge in [0.05, 0.1) is 17.3 Å². The monoisotopic (exact) mass is 365 g/mol. The zero-order valence-corrected chi connectivity index (χ0v) is 15.7. The van der Waals surface area contributed by atoms with Crippen molar-refractivity contribution >= 4 is 29.1 Å². The second-order valence-corrected chi connectivity index (χ2v) is 7.70. The zero-order valence-electron chi connectivity index (χ0n) is 14.9. The smallest absolute Gasteiger partial charge is 0.410 e. The number of nitrogen functional groups attached to an aromatic ring is 1. The van der Waals surface area contributed by atoms with Crippen molar-refractivity contribution in [1.29, 1.82) is 0 Å². The molecule has 3 rings (SSSR count). The van der Waals surface area contributed by atoms with Crippen molar-refractivity contribution in [3.63, 3.8) is 0 Å².